The van der Waals surface area contributed by atoms with Gasteiger partial charge in [-0.25, -0.2) is 0 Å². The van der Waals surface area contributed by atoms with Gasteiger partial charge in [0, 0.05) is 18.8 Å². The number of ether oxygens (including phenoxy) is 3. The Morgan fingerprint density at radius 3 is 2.30 bits per heavy atom. The molecule has 0 atom stereocenters. The van der Waals surface area contributed by atoms with E-state index in [9.17, 15) is 10.1 Å². The van der Waals surface area contributed by atoms with Crippen molar-refractivity contribution < 1.29 is 19.0 Å². The molecular formula is C20H21N3O4. The van der Waals surface area contributed by atoms with Crippen molar-refractivity contribution in [3.05, 3.63) is 59.8 Å². The van der Waals surface area contributed by atoms with E-state index in [1.165, 1.54) is 20.4 Å². The number of carbonyl (C=O) groups is 1. The predicted octanol–water partition coefficient (Wildman–Crippen LogP) is 2.85. The van der Waals surface area contributed by atoms with Crippen molar-refractivity contribution in [1.82, 2.24) is 5.32 Å². The van der Waals surface area contributed by atoms with Gasteiger partial charge in [-0.1, -0.05) is 12.1 Å². The Kier molecular flexibility index (Phi) is 7.08. The smallest absolute Gasteiger partial charge is 0.267 e. The van der Waals surface area contributed by atoms with E-state index in [4.69, 9.17) is 14.2 Å². The molecule has 0 spiro atoms. The lowest BCUT2D eigenvalue weighted by Gasteiger charge is -2.11. The molecule has 7 nitrogen and oxygen atoms in total. The molecule has 2 N–H and O–H groups in total. The van der Waals surface area contributed by atoms with Gasteiger partial charge in [-0.15, -0.1) is 0 Å². The van der Waals surface area contributed by atoms with Crippen molar-refractivity contribution in [2.24, 2.45) is 0 Å². The Morgan fingerprint density at radius 1 is 1.04 bits per heavy atom. The zero-order valence-electron chi connectivity index (χ0n) is 15.4. The lowest BCUT2D eigenvalue weighted by Crippen LogP contribution is -2.17. The molecule has 7 heteroatoms. The summed E-state index contributed by atoms with van der Waals surface area (Å²) in [6, 6.07) is 14.4. The molecule has 0 bridgehead atoms. The monoisotopic (exact) mass is 367 g/mol. The highest BCUT2D eigenvalue weighted by Gasteiger charge is 2.13. The van der Waals surface area contributed by atoms with Gasteiger partial charge in [0.2, 0.25) is 0 Å². The Morgan fingerprint density at radius 2 is 1.70 bits per heavy atom. The van der Waals surface area contributed by atoms with E-state index in [1.807, 2.05) is 30.3 Å². The van der Waals surface area contributed by atoms with Crippen LogP contribution >= 0.6 is 0 Å². The largest absolute Gasteiger partial charge is 0.497 e. The molecule has 2 aromatic carbocycles. The molecule has 0 heterocycles. The number of amides is 1. The number of anilines is 1. The number of nitrogens with zero attached hydrogens (tertiary/aromatic N) is 1. The second-order valence-corrected chi connectivity index (χ2v) is 5.42. The molecule has 2 rings (SSSR count). The molecule has 0 radical (unpaired) electrons. The first-order valence-electron chi connectivity index (χ1n) is 8.11. The number of hydrogen-bond donors (Lipinski definition) is 2. The summed E-state index contributed by atoms with van der Waals surface area (Å²) < 4.78 is 15.5. The standard InChI is InChI=1S/C20H21N3O4/c1-25-16-6-4-14(5-7-16)12-22-13-15(11-21)20(24)23-18-10-17(26-2)8-9-19(18)27-3/h4-10,13,22H,12H2,1-3H3,(H,23,24)/b15-13-. The number of carbonyl (C=O) groups excluding carboxylic acids is 1. The third-order valence-electron chi connectivity index (χ3n) is 3.73. The maximum Gasteiger partial charge on any atom is 0.267 e. The SMILES string of the molecule is COc1ccc(CN/C=C(/C#N)C(=O)Nc2cc(OC)ccc2OC)cc1. The Hall–Kier alpha value is -3.66. The molecule has 27 heavy (non-hydrogen) atoms. The van der Waals surface area contributed by atoms with Crippen LogP contribution in [0.5, 0.6) is 17.2 Å². The number of methoxy groups -OCH3 is 3. The summed E-state index contributed by atoms with van der Waals surface area (Å²) in [7, 11) is 4.62. The Bertz CT molecular complexity index is 855. The van der Waals surface area contributed by atoms with Crippen molar-refractivity contribution in [2.45, 2.75) is 6.54 Å². The van der Waals surface area contributed by atoms with E-state index in [-0.39, 0.29) is 5.57 Å². The molecule has 0 aliphatic carbocycles. The fourth-order valence-corrected chi connectivity index (χ4v) is 2.26. The molecule has 0 saturated carbocycles. The number of hydrogen-bond acceptors (Lipinski definition) is 6. The highest BCUT2D eigenvalue weighted by atomic mass is 16.5. The predicted molar refractivity (Wildman–Crippen MR) is 102 cm³/mol. The van der Waals surface area contributed by atoms with Crippen molar-refractivity contribution in [2.75, 3.05) is 26.6 Å². The lowest BCUT2D eigenvalue weighted by atomic mass is 10.2. The van der Waals surface area contributed by atoms with E-state index in [0.717, 1.165) is 11.3 Å². The van der Waals surface area contributed by atoms with Crippen LogP contribution in [0, 0.1) is 11.3 Å². The summed E-state index contributed by atoms with van der Waals surface area (Å²) in [6.07, 6.45) is 1.38. The van der Waals surface area contributed by atoms with Crippen molar-refractivity contribution >= 4 is 11.6 Å². The van der Waals surface area contributed by atoms with Gasteiger partial charge in [0.15, 0.2) is 0 Å². The first-order chi connectivity index (χ1) is 13.1. The number of nitriles is 1. The van der Waals surface area contributed by atoms with Crippen molar-refractivity contribution in [3.8, 4) is 23.3 Å². The number of rotatable bonds is 8. The van der Waals surface area contributed by atoms with E-state index in [0.29, 0.717) is 23.7 Å². The summed E-state index contributed by atoms with van der Waals surface area (Å²) in [4.78, 5) is 12.4. The van der Waals surface area contributed by atoms with Crippen LogP contribution in [0.25, 0.3) is 0 Å². The minimum Gasteiger partial charge on any atom is -0.497 e. The maximum absolute atomic E-state index is 12.4. The van der Waals surface area contributed by atoms with Crippen LogP contribution in [-0.4, -0.2) is 27.2 Å². The van der Waals surface area contributed by atoms with Gasteiger partial charge in [-0.05, 0) is 29.8 Å². The molecule has 1 amide bonds. The van der Waals surface area contributed by atoms with Crippen LogP contribution < -0.4 is 24.8 Å². The summed E-state index contributed by atoms with van der Waals surface area (Å²) in [6.45, 7) is 0.463. The van der Waals surface area contributed by atoms with E-state index < -0.39 is 5.91 Å². The Balaban J connectivity index is 2.04. The third kappa shape index (κ3) is 5.41. The molecule has 0 aliphatic rings. The summed E-state index contributed by atoms with van der Waals surface area (Å²) in [5, 5.41) is 14.9. The van der Waals surface area contributed by atoms with Gasteiger partial charge < -0.3 is 24.8 Å². The Labute approximate surface area is 158 Å². The fraction of sp³-hybridized carbons (Fsp3) is 0.200. The average Bonchev–Trinajstić information content (AvgIpc) is 2.71. The third-order valence-corrected chi connectivity index (χ3v) is 3.73. The highest BCUT2D eigenvalue weighted by molar-refractivity contribution is 6.07. The zero-order chi connectivity index (χ0) is 19.6. The number of benzene rings is 2. The molecule has 0 saturated heterocycles. The van der Waals surface area contributed by atoms with E-state index >= 15 is 0 Å². The van der Waals surface area contributed by atoms with Crippen LogP contribution in [0.1, 0.15) is 5.56 Å². The number of nitrogens with one attached hydrogen (secondary N) is 2. The molecule has 0 fully saturated rings. The average molecular weight is 367 g/mol. The van der Waals surface area contributed by atoms with Gasteiger partial charge in [0.05, 0.1) is 27.0 Å². The molecule has 0 unspecified atom stereocenters. The van der Waals surface area contributed by atoms with Crippen LogP contribution in [0.3, 0.4) is 0 Å². The molecule has 0 aliphatic heterocycles. The topological polar surface area (TPSA) is 92.6 Å². The minimum absolute atomic E-state index is 0.0617. The van der Waals surface area contributed by atoms with Crippen LogP contribution in [0.2, 0.25) is 0 Å². The molecule has 0 aromatic heterocycles. The van der Waals surface area contributed by atoms with Crippen molar-refractivity contribution in [3.63, 3.8) is 0 Å². The van der Waals surface area contributed by atoms with Crippen molar-refractivity contribution in [1.29, 1.82) is 5.26 Å². The van der Waals surface area contributed by atoms with Gasteiger partial charge >= 0.3 is 0 Å². The maximum atomic E-state index is 12.4. The first kappa shape index (κ1) is 19.7. The summed E-state index contributed by atoms with van der Waals surface area (Å²) >= 11 is 0. The second-order valence-electron chi connectivity index (χ2n) is 5.42. The fourth-order valence-electron chi connectivity index (χ4n) is 2.26. The quantitative estimate of drug-likeness (QED) is 0.551. The van der Waals surface area contributed by atoms with Crippen LogP contribution in [-0.2, 0) is 11.3 Å². The van der Waals surface area contributed by atoms with Gasteiger partial charge in [0.25, 0.3) is 5.91 Å². The highest BCUT2D eigenvalue weighted by Crippen LogP contribution is 2.29. The second kappa shape index (κ2) is 9.73. The molecule has 140 valence electrons. The first-order valence-corrected chi connectivity index (χ1v) is 8.11. The minimum atomic E-state index is -0.550. The van der Waals surface area contributed by atoms with Crippen LogP contribution in [0.15, 0.2) is 54.2 Å². The lowest BCUT2D eigenvalue weighted by molar-refractivity contribution is -0.112. The van der Waals surface area contributed by atoms with Gasteiger partial charge in [-0.3, -0.25) is 4.79 Å². The van der Waals surface area contributed by atoms with Crippen LogP contribution in [0.4, 0.5) is 5.69 Å². The van der Waals surface area contributed by atoms with E-state index in [2.05, 4.69) is 10.6 Å². The van der Waals surface area contributed by atoms with Gasteiger partial charge in [-0.2, -0.15) is 5.26 Å². The normalized spacial score (nSPS) is 10.5. The molecular weight excluding hydrogens is 346 g/mol. The zero-order valence-corrected chi connectivity index (χ0v) is 15.4. The van der Waals surface area contributed by atoms with Gasteiger partial charge in [0.1, 0.15) is 28.9 Å². The molecule has 2 aromatic rings. The summed E-state index contributed by atoms with van der Waals surface area (Å²) in [5.41, 5.74) is 1.34. The van der Waals surface area contributed by atoms with E-state index in [1.54, 1.807) is 25.3 Å². The summed E-state index contributed by atoms with van der Waals surface area (Å²) in [5.74, 6) is 1.24.